The summed E-state index contributed by atoms with van der Waals surface area (Å²) in [5, 5.41) is 14.9. The molecule has 3 heterocycles. The van der Waals surface area contributed by atoms with Crippen molar-refractivity contribution in [2.45, 2.75) is 32.9 Å². The molecule has 0 radical (unpaired) electrons. The van der Waals surface area contributed by atoms with E-state index in [0.717, 1.165) is 4.88 Å². The molecule has 0 saturated carbocycles. The number of halogens is 1. The molecule has 30 heavy (non-hydrogen) atoms. The molecular formula is C21H20ClN5O2S. The summed E-state index contributed by atoms with van der Waals surface area (Å²) in [7, 11) is 0. The van der Waals surface area contributed by atoms with Crippen LogP contribution in [-0.2, 0) is 16.9 Å². The van der Waals surface area contributed by atoms with E-state index in [-0.39, 0.29) is 18.0 Å². The fourth-order valence-electron chi connectivity index (χ4n) is 3.15. The van der Waals surface area contributed by atoms with Gasteiger partial charge >= 0.3 is 0 Å². The Hall–Kier alpha value is -2.97. The van der Waals surface area contributed by atoms with Crippen LogP contribution in [0.5, 0.6) is 0 Å². The largest absolute Gasteiger partial charge is 0.324 e. The van der Waals surface area contributed by atoms with Crippen molar-refractivity contribution in [1.29, 1.82) is 0 Å². The maximum absolute atomic E-state index is 13.3. The quantitative estimate of drug-likeness (QED) is 0.509. The predicted octanol–water partition coefficient (Wildman–Crippen LogP) is 4.37. The smallest absolute Gasteiger partial charge is 0.293 e. The van der Waals surface area contributed by atoms with Crippen LogP contribution in [0.25, 0.3) is 21.5 Å². The SMILES string of the molecule is CC(C)(C)n1ncc2c(-c3cccs3)nn(CC(=O)Nc3ccc(Cl)cc3)c(=O)c21. The second-order valence-electron chi connectivity index (χ2n) is 7.83. The first-order chi connectivity index (χ1) is 14.2. The molecule has 7 nitrogen and oxygen atoms in total. The topological polar surface area (TPSA) is 81.8 Å². The molecule has 1 aromatic carbocycles. The van der Waals surface area contributed by atoms with Crippen molar-refractivity contribution in [3.8, 4) is 10.6 Å². The Morgan fingerprint density at radius 1 is 1.20 bits per heavy atom. The lowest BCUT2D eigenvalue weighted by Gasteiger charge is -2.20. The highest BCUT2D eigenvalue weighted by Crippen LogP contribution is 2.30. The average molecular weight is 442 g/mol. The Kier molecular flexibility index (Phi) is 5.21. The van der Waals surface area contributed by atoms with E-state index >= 15 is 0 Å². The van der Waals surface area contributed by atoms with E-state index in [0.29, 0.717) is 27.3 Å². The molecule has 0 bridgehead atoms. The Balaban J connectivity index is 1.79. The zero-order valence-corrected chi connectivity index (χ0v) is 18.3. The van der Waals surface area contributed by atoms with Gasteiger partial charge in [0.05, 0.1) is 22.0 Å². The van der Waals surface area contributed by atoms with E-state index in [1.54, 1.807) is 35.1 Å². The van der Waals surface area contributed by atoms with Crippen LogP contribution in [0.1, 0.15) is 20.8 Å². The molecule has 0 aliphatic heterocycles. The standard InChI is InChI=1S/C21H20ClN5O2S/c1-21(2,3)27-19-15(11-23-27)18(16-5-4-10-30-16)25-26(20(19)29)12-17(28)24-14-8-6-13(22)7-9-14/h4-11H,12H2,1-3H3,(H,24,28). The molecule has 0 atom stereocenters. The van der Waals surface area contributed by atoms with Gasteiger partial charge in [-0.15, -0.1) is 11.3 Å². The van der Waals surface area contributed by atoms with Crippen molar-refractivity contribution in [3.63, 3.8) is 0 Å². The number of hydrogen-bond donors (Lipinski definition) is 1. The molecule has 0 saturated heterocycles. The number of thiophene rings is 1. The molecule has 1 amide bonds. The zero-order chi connectivity index (χ0) is 21.5. The van der Waals surface area contributed by atoms with Crippen molar-refractivity contribution in [3.05, 3.63) is 63.4 Å². The summed E-state index contributed by atoms with van der Waals surface area (Å²) in [6, 6.07) is 10.6. The minimum absolute atomic E-state index is 0.217. The predicted molar refractivity (Wildman–Crippen MR) is 120 cm³/mol. The lowest BCUT2D eigenvalue weighted by molar-refractivity contribution is -0.117. The number of amides is 1. The van der Waals surface area contributed by atoms with Crippen LogP contribution in [-0.4, -0.2) is 25.5 Å². The van der Waals surface area contributed by atoms with Crippen molar-refractivity contribution < 1.29 is 4.79 Å². The van der Waals surface area contributed by atoms with E-state index in [1.165, 1.54) is 16.0 Å². The lowest BCUT2D eigenvalue weighted by Crippen LogP contribution is -2.33. The van der Waals surface area contributed by atoms with Crippen LogP contribution in [0, 0.1) is 0 Å². The maximum atomic E-state index is 13.3. The van der Waals surface area contributed by atoms with Gasteiger partial charge in [-0.2, -0.15) is 10.2 Å². The monoisotopic (exact) mass is 441 g/mol. The van der Waals surface area contributed by atoms with Gasteiger partial charge in [0.1, 0.15) is 17.8 Å². The number of nitrogens with zero attached hydrogens (tertiary/aromatic N) is 4. The van der Waals surface area contributed by atoms with Gasteiger partial charge < -0.3 is 5.32 Å². The molecule has 0 spiro atoms. The number of carbonyl (C=O) groups excluding carboxylic acids is 1. The lowest BCUT2D eigenvalue weighted by atomic mass is 10.1. The average Bonchev–Trinajstić information content (AvgIpc) is 3.35. The zero-order valence-electron chi connectivity index (χ0n) is 16.7. The highest BCUT2D eigenvalue weighted by molar-refractivity contribution is 7.13. The number of nitrogens with one attached hydrogen (secondary N) is 1. The van der Waals surface area contributed by atoms with Crippen LogP contribution >= 0.6 is 22.9 Å². The van der Waals surface area contributed by atoms with E-state index in [9.17, 15) is 9.59 Å². The first-order valence-electron chi connectivity index (χ1n) is 9.32. The third kappa shape index (κ3) is 3.88. The van der Waals surface area contributed by atoms with Crippen molar-refractivity contribution in [2.75, 3.05) is 5.32 Å². The molecule has 1 N–H and O–H groups in total. The van der Waals surface area contributed by atoms with E-state index in [2.05, 4.69) is 15.5 Å². The maximum Gasteiger partial charge on any atom is 0.293 e. The summed E-state index contributed by atoms with van der Waals surface area (Å²) in [4.78, 5) is 26.8. The summed E-state index contributed by atoms with van der Waals surface area (Å²) < 4.78 is 2.89. The number of aromatic nitrogens is 4. The Morgan fingerprint density at radius 3 is 2.57 bits per heavy atom. The Bertz CT molecular complexity index is 1270. The fraction of sp³-hybridized carbons (Fsp3) is 0.238. The number of hydrogen-bond acceptors (Lipinski definition) is 5. The number of benzene rings is 1. The summed E-state index contributed by atoms with van der Waals surface area (Å²) >= 11 is 7.40. The second kappa shape index (κ2) is 7.70. The number of rotatable bonds is 4. The molecule has 0 aliphatic carbocycles. The van der Waals surface area contributed by atoms with Crippen LogP contribution in [0.15, 0.2) is 52.8 Å². The van der Waals surface area contributed by atoms with Gasteiger partial charge in [-0.1, -0.05) is 17.7 Å². The molecule has 154 valence electrons. The highest BCUT2D eigenvalue weighted by Gasteiger charge is 2.24. The van der Waals surface area contributed by atoms with Crippen LogP contribution in [0.2, 0.25) is 5.02 Å². The molecule has 4 aromatic rings. The van der Waals surface area contributed by atoms with Gasteiger partial charge in [0.2, 0.25) is 5.91 Å². The van der Waals surface area contributed by atoms with Crippen molar-refractivity contribution in [2.24, 2.45) is 0 Å². The fourth-order valence-corrected chi connectivity index (χ4v) is 4.00. The molecule has 0 aliphatic rings. The van der Waals surface area contributed by atoms with Crippen LogP contribution in [0.4, 0.5) is 5.69 Å². The number of anilines is 1. The first kappa shape index (κ1) is 20.3. The molecule has 3 aromatic heterocycles. The highest BCUT2D eigenvalue weighted by atomic mass is 35.5. The van der Waals surface area contributed by atoms with Gasteiger partial charge in [0, 0.05) is 10.7 Å². The molecular weight excluding hydrogens is 422 g/mol. The van der Waals surface area contributed by atoms with Crippen molar-refractivity contribution >= 4 is 45.4 Å². The summed E-state index contributed by atoms with van der Waals surface area (Å²) in [5.41, 5.74) is 0.897. The van der Waals surface area contributed by atoms with Gasteiger partial charge in [-0.05, 0) is 56.5 Å². The van der Waals surface area contributed by atoms with E-state index < -0.39 is 5.54 Å². The molecule has 0 unspecified atom stereocenters. The van der Waals surface area contributed by atoms with Gasteiger partial charge in [-0.3, -0.25) is 14.3 Å². The minimum Gasteiger partial charge on any atom is -0.324 e. The Labute approximate surface area is 181 Å². The summed E-state index contributed by atoms with van der Waals surface area (Å²) in [6.07, 6.45) is 1.67. The van der Waals surface area contributed by atoms with Gasteiger partial charge in [0.15, 0.2) is 0 Å². The normalized spacial score (nSPS) is 11.7. The Morgan fingerprint density at radius 2 is 1.93 bits per heavy atom. The van der Waals surface area contributed by atoms with E-state index in [4.69, 9.17) is 11.6 Å². The molecule has 0 fully saturated rings. The third-order valence-corrected chi connectivity index (χ3v) is 5.62. The van der Waals surface area contributed by atoms with Gasteiger partial charge in [-0.25, -0.2) is 4.68 Å². The van der Waals surface area contributed by atoms with Crippen LogP contribution < -0.4 is 10.9 Å². The minimum atomic E-state index is -0.404. The molecule has 4 rings (SSSR count). The third-order valence-electron chi connectivity index (χ3n) is 4.49. The number of fused-ring (bicyclic) bond motifs is 1. The first-order valence-corrected chi connectivity index (χ1v) is 10.6. The summed E-state index contributed by atoms with van der Waals surface area (Å²) in [5.74, 6) is -0.356. The van der Waals surface area contributed by atoms with Gasteiger partial charge in [0.25, 0.3) is 5.56 Å². The second-order valence-corrected chi connectivity index (χ2v) is 9.22. The van der Waals surface area contributed by atoms with Crippen molar-refractivity contribution in [1.82, 2.24) is 19.6 Å². The van der Waals surface area contributed by atoms with E-state index in [1.807, 2.05) is 38.3 Å². The number of carbonyl (C=O) groups is 1. The van der Waals surface area contributed by atoms with Crippen LogP contribution in [0.3, 0.4) is 0 Å². The molecule has 9 heteroatoms. The summed E-state index contributed by atoms with van der Waals surface area (Å²) in [6.45, 7) is 5.70.